The zero-order chi connectivity index (χ0) is 25.8. The van der Waals surface area contributed by atoms with Gasteiger partial charge in [0.15, 0.2) is 6.61 Å². The highest BCUT2D eigenvalue weighted by atomic mass is 32.1. The van der Waals surface area contributed by atoms with Gasteiger partial charge in [-0.25, -0.2) is 9.78 Å². The molecule has 0 unspecified atom stereocenters. The summed E-state index contributed by atoms with van der Waals surface area (Å²) in [5, 5.41) is 24.2. The molecule has 2 aromatic heterocycles. The average molecular weight is 509 g/mol. The highest BCUT2D eigenvalue weighted by Gasteiger charge is 2.21. The van der Waals surface area contributed by atoms with E-state index in [1.165, 1.54) is 29.7 Å². The number of carboxylic acids is 1. The van der Waals surface area contributed by atoms with Crippen LogP contribution in [0.25, 0.3) is 21.5 Å². The zero-order valence-electron chi connectivity index (χ0n) is 19.6. The van der Waals surface area contributed by atoms with Gasteiger partial charge in [0.25, 0.3) is 5.91 Å². The molecule has 186 valence electrons. The number of amides is 1. The number of ether oxygens (including phenoxy) is 1. The minimum Gasteiger partial charge on any atom is -0.508 e. The van der Waals surface area contributed by atoms with Gasteiger partial charge in [0.05, 0.1) is 10.9 Å². The second kappa shape index (κ2) is 10.6. The van der Waals surface area contributed by atoms with Crippen LogP contribution >= 0.6 is 11.3 Å². The maximum absolute atomic E-state index is 13.1. The fourth-order valence-electron chi connectivity index (χ4n) is 3.68. The summed E-state index contributed by atoms with van der Waals surface area (Å²) in [7, 11) is 0. The summed E-state index contributed by atoms with van der Waals surface area (Å²) in [5.74, 6) is -1.37. The Bertz CT molecular complexity index is 1470. The number of aliphatic carboxylic acids is 1. The van der Waals surface area contributed by atoms with Crippen molar-refractivity contribution in [3.05, 3.63) is 75.1 Å². The number of hydrogen-bond donors (Lipinski definition) is 3. The van der Waals surface area contributed by atoms with E-state index in [9.17, 15) is 24.6 Å². The molecule has 0 spiro atoms. The first-order chi connectivity index (χ1) is 17.2. The Morgan fingerprint density at radius 1 is 1.22 bits per heavy atom. The largest absolute Gasteiger partial charge is 0.508 e. The quantitative estimate of drug-likeness (QED) is 0.311. The highest BCUT2D eigenvalue weighted by molar-refractivity contribution is 7.13. The van der Waals surface area contributed by atoms with Crippen molar-refractivity contribution >= 4 is 34.2 Å². The van der Waals surface area contributed by atoms with Crippen molar-refractivity contribution in [1.82, 2.24) is 10.3 Å². The summed E-state index contributed by atoms with van der Waals surface area (Å²) < 4.78 is 11.4. The first kappa shape index (κ1) is 24.9. The van der Waals surface area contributed by atoms with Gasteiger partial charge in [0.1, 0.15) is 34.4 Å². The molecule has 9 nitrogen and oxygen atoms in total. The predicted molar refractivity (Wildman–Crippen MR) is 135 cm³/mol. The molecule has 10 heteroatoms. The number of thiazole rings is 1. The van der Waals surface area contributed by atoms with Crippen molar-refractivity contribution in [2.75, 3.05) is 6.61 Å². The van der Waals surface area contributed by atoms with Gasteiger partial charge in [-0.15, -0.1) is 11.3 Å². The molecular formula is C26H24N2O7S. The van der Waals surface area contributed by atoms with Crippen LogP contribution < -0.4 is 15.5 Å². The Kier molecular flexibility index (Phi) is 7.35. The number of hydrogen-bond acceptors (Lipinski definition) is 8. The molecule has 0 aliphatic rings. The molecule has 36 heavy (non-hydrogen) atoms. The number of carbonyl (C=O) groups excluding carboxylic acids is 1. The lowest BCUT2D eigenvalue weighted by atomic mass is 10.1. The summed E-state index contributed by atoms with van der Waals surface area (Å²) in [6.07, 6.45) is 1.95. The molecule has 0 aliphatic heterocycles. The standard InChI is InChI=1S/C26H24N2O7S/c1-3-16-9-18-22(34-11-19(24(18)31)25-27-14(2)13-36-25)10-21(16)35-12-23(30)28-20(26(32)33)8-15-4-6-17(29)7-5-15/h4-7,9-11,13,20,29H,3,8,12H2,1-2H3,(H,28,30)(H,32,33)/t20-/m1/s1. The number of carbonyl (C=O) groups is 2. The monoisotopic (exact) mass is 508 g/mol. The first-order valence-corrected chi connectivity index (χ1v) is 12.1. The first-order valence-electron chi connectivity index (χ1n) is 11.2. The lowest BCUT2D eigenvalue weighted by Crippen LogP contribution is -2.44. The van der Waals surface area contributed by atoms with E-state index in [0.717, 1.165) is 5.69 Å². The minimum absolute atomic E-state index is 0.0453. The van der Waals surface area contributed by atoms with Gasteiger partial charge in [-0.1, -0.05) is 19.1 Å². The molecule has 4 rings (SSSR count). The fraction of sp³-hybridized carbons (Fsp3) is 0.231. The lowest BCUT2D eigenvalue weighted by molar-refractivity contribution is -0.142. The molecule has 2 aromatic carbocycles. The number of rotatable bonds is 9. The molecule has 4 aromatic rings. The number of phenolic OH excluding ortho intramolecular Hbond substituents is 1. The Hall–Kier alpha value is -4.18. The third-order valence-corrected chi connectivity index (χ3v) is 6.55. The van der Waals surface area contributed by atoms with Crippen LogP contribution in [0.3, 0.4) is 0 Å². The van der Waals surface area contributed by atoms with E-state index >= 15 is 0 Å². The van der Waals surface area contributed by atoms with E-state index < -0.39 is 24.5 Å². The Morgan fingerprint density at radius 2 is 1.97 bits per heavy atom. The van der Waals surface area contributed by atoms with Crippen LogP contribution in [0.1, 0.15) is 23.7 Å². The number of carboxylic acid groups (broad SMARTS) is 1. The zero-order valence-corrected chi connectivity index (χ0v) is 20.4. The van der Waals surface area contributed by atoms with Crippen LogP contribution in [0.4, 0.5) is 0 Å². The van der Waals surface area contributed by atoms with Gasteiger partial charge in [0, 0.05) is 23.6 Å². The lowest BCUT2D eigenvalue weighted by Gasteiger charge is -2.16. The van der Waals surface area contributed by atoms with Gasteiger partial charge in [0.2, 0.25) is 5.43 Å². The van der Waals surface area contributed by atoms with Crippen molar-refractivity contribution in [1.29, 1.82) is 0 Å². The number of fused-ring (bicyclic) bond motifs is 1. The molecule has 0 bridgehead atoms. The summed E-state index contributed by atoms with van der Waals surface area (Å²) in [4.78, 5) is 41.5. The number of aromatic nitrogens is 1. The van der Waals surface area contributed by atoms with Crippen molar-refractivity contribution in [3.8, 4) is 22.1 Å². The van der Waals surface area contributed by atoms with Crippen LogP contribution in [-0.2, 0) is 22.4 Å². The van der Waals surface area contributed by atoms with Gasteiger partial charge in [-0.2, -0.15) is 0 Å². The molecule has 0 saturated carbocycles. The summed E-state index contributed by atoms with van der Waals surface area (Å²) in [6, 6.07) is 8.15. The molecule has 0 radical (unpaired) electrons. The third kappa shape index (κ3) is 5.55. The van der Waals surface area contributed by atoms with Crippen LogP contribution in [0.5, 0.6) is 11.5 Å². The smallest absolute Gasteiger partial charge is 0.326 e. The normalized spacial score (nSPS) is 11.8. The second-order valence-corrected chi connectivity index (χ2v) is 9.06. The van der Waals surface area contributed by atoms with E-state index in [4.69, 9.17) is 9.15 Å². The van der Waals surface area contributed by atoms with Crippen molar-refractivity contribution < 1.29 is 29.0 Å². The number of aromatic hydroxyl groups is 1. The molecule has 1 amide bonds. The van der Waals surface area contributed by atoms with E-state index in [-0.39, 0.29) is 17.6 Å². The topological polar surface area (TPSA) is 139 Å². The Balaban J connectivity index is 1.49. The average Bonchev–Trinajstić information content (AvgIpc) is 3.29. The predicted octanol–water partition coefficient (Wildman–Crippen LogP) is 3.68. The molecule has 0 saturated heterocycles. The van der Waals surface area contributed by atoms with Crippen LogP contribution in [-0.4, -0.2) is 39.7 Å². The van der Waals surface area contributed by atoms with Crippen molar-refractivity contribution in [2.24, 2.45) is 0 Å². The van der Waals surface area contributed by atoms with Crippen molar-refractivity contribution in [3.63, 3.8) is 0 Å². The van der Waals surface area contributed by atoms with Crippen molar-refractivity contribution in [2.45, 2.75) is 32.7 Å². The maximum Gasteiger partial charge on any atom is 0.326 e. The third-order valence-electron chi connectivity index (χ3n) is 5.55. The molecule has 1 atom stereocenters. The highest BCUT2D eigenvalue weighted by Crippen LogP contribution is 2.28. The summed E-state index contributed by atoms with van der Waals surface area (Å²) >= 11 is 1.36. The van der Waals surface area contributed by atoms with E-state index in [1.807, 2.05) is 19.2 Å². The number of nitrogens with one attached hydrogen (secondary N) is 1. The number of benzene rings is 2. The molecule has 0 aliphatic carbocycles. The van der Waals surface area contributed by atoms with Gasteiger partial charge in [-0.05, 0) is 42.7 Å². The van der Waals surface area contributed by atoms with Gasteiger partial charge in [-0.3, -0.25) is 9.59 Å². The van der Waals surface area contributed by atoms with Gasteiger partial charge >= 0.3 is 5.97 Å². The van der Waals surface area contributed by atoms with Crippen LogP contribution in [0, 0.1) is 6.92 Å². The maximum atomic E-state index is 13.1. The van der Waals surface area contributed by atoms with Crippen LogP contribution in [0.2, 0.25) is 0 Å². The van der Waals surface area contributed by atoms with Crippen LogP contribution in [0.15, 0.2) is 57.3 Å². The molecule has 0 fully saturated rings. The number of nitrogens with zero attached hydrogens (tertiary/aromatic N) is 1. The SMILES string of the molecule is CCc1cc2c(=O)c(-c3nc(C)cs3)coc2cc1OCC(=O)N[C@H](Cc1ccc(O)cc1)C(=O)O. The molecular weight excluding hydrogens is 484 g/mol. The number of aryl methyl sites for hydroxylation is 2. The molecule has 2 heterocycles. The Morgan fingerprint density at radius 3 is 2.61 bits per heavy atom. The van der Waals surface area contributed by atoms with E-state index in [0.29, 0.717) is 44.8 Å². The Labute approximate surface area is 210 Å². The second-order valence-electron chi connectivity index (χ2n) is 8.20. The van der Waals surface area contributed by atoms with Gasteiger partial charge < -0.3 is 24.7 Å². The summed E-state index contributed by atoms with van der Waals surface area (Å²) in [6.45, 7) is 3.32. The van der Waals surface area contributed by atoms with E-state index in [2.05, 4.69) is 10.3 Å². The van der Waals surface area contributed by atoms with E-state index in [1.54, 1.807) is 24.3 Å². The number of phenols is 1. The summed E-state index contributed by atoms with van der Waals surface area (Å²) in [5.41, 5.74) is 2.65. The minimum atomic E-state index is -1.19. The fourth-order valence-corrected chi connectivity index (χ4v) is 4.48. The molecule has 3 N–H and O–H groups in total.